The molecule has 0 radical (unpaired) electrons. The van der Waals surface area contributed by atoms with Gasteiger partial charge in [-0.05, 0) is 51.0 Å². The average molecular weight is 400 g/mol. The first-order valence-corrected chi connectivity index (χ1v) is 9.20. The summed E-state index contributed by atoms with van der Waals surface area (Å²) in [4.78, 5) is 0. The van der Waals surface area contributed by atoms with Crippen molar-refractivity contribution in [3.05, 3.63) is 59.7 Å². The summed E-state index contributed by atoms with van der Waals surface area (Å²) >= 11 is 0. The summed E-state index contributed by atoms with van der Waals surface area (Å²) in [6.07, 6.45) is -3.04. The van der Waals surface area contributed by atoms with E-state index in [1.165, 1.54) is 12.1 Å². The first kappa shape index (κ1) is 19.2. The number of phenols is 1. The Bertz CT molecular complexity index is 1100. The first-order chi connectivity index (χ1) is 13.7. The molecule has 4 nitrogen and oxygen atoms in total. The number of azo groups is 1. The van der Waals surface area contributed by atoms with E-state index in [4.69, 9.17) is 4.74 Å². The molecule has 1 N–H and O–H groups in total. The van der Waals surface area contributed by atoms with Crippen LogP contribution in [0.4, 0.5) is 24.5 Å². The highest BCUT2D eigenvalue weighted by Gasteiger charge is 2.32. The van der Waals surface area contributed by atoms with E-state index in [1.807, 2.05) is 26.0 Å². The monoisotopic (exact) mass is 400 g/mol. The zero-order valence-electron chi connectivity index (χ0n) is 15.9. The maximum atomic E-state index is 12.7. The predicted octanol–water partition coefficient (Wildman–Crippen LogP) is 7.08. The van der Waals surface area contributed by atoms with Gasteiger partial charge in [0, 0.05) is 16.3 Å². The van der Waals surface area contributed by atoms with Crippen LogP contribution in [0.15, 0.2) is 58.8 Å². The van der Waals surface area contributed by atoms with E-state index < -0.39 is 17.3 Å². The van der Waals surface area contributed by atoms with Gasteiger partial charge in [-0.1, -0.05) is 24.3 Å². The third-order valence-corrected chi connectivity index (χ3v) is 5.03. The molecule has 3 aromatic rings. The summed E-state index contributed by atoms with van der Waals surface area (Å²) in [6.45, 7) is 3.91. The molecule has 1 aliphatic rings. The van der Waals surface area contributed by atoms with Crippen molar-refractivity contribution in [2.75, 3.05) is 0 Å². The number of hydrogen-bond acceptors (Lipinski definition) is 4. The van der Waals surface area contributed by atoms with E-state index in [2.05, 4.69) is 10.2 Å². The fourth-order valence-corrected chi connectivity index (χ4v) is 3.45. The van der Waals surface area contributed by atoms with Gasteiger partial charge in [0.05, 0.1) is 11.3 Å². The second-order valence-electron chi connectivity index (χ2n) is 7.66. The lowest BCUT2D eigenvalue weighted by atomic mass is 9.91. The molecule has 0 amide bonds. The molecule has 0 unspecified atom stereocenters. The highest BCUT2D eigenvalue weighted by atomic mass is 19.4. The number of benzene rings is 3. The maximum Gasteiger partial charge on any atom is 0.416 e. The van der Waals surface area contributed by atoms with Crippen LogP contribution in [0.25, 0.3) is 10.8 Å². The molecule has 1 aliphatic heterocycles. The minimum Gasteiger partial charge on any atom is -0.507 e. The predicted molar refractivity (Wildman–Crippen MR) is 104 cm³/mol. The molecule has 7 heteroatoms. The number of hydrogen-bond donors (Lipinski definition) is 1. The van der Waals surface area contributed by atoms with E-state index in [0.717, 1.165) is 18.6 Å². The number of fused-ring (bicyclic) bond motifs is 2. The van der Waals surface area contributed by atoms with Gasteiger partial charge in [-0.15, -0.1) is 5.11 Å². The Morgan fingerprint density at radius 3 is 2.28 bits per heavy atom. The Morgan fingerprint density at radius 1 is 0.966 bits per heavy atom. The van der Waals surface area contributed by atoms with E-state index in [-0.39, 0.29) is 5.75 Å². The highest BCUT2D eigenvalue weighted by molar-refractivity contribution is 6.01. The van der Waals surface area contributed by atoms with Crippen LogP contribution >= 0.6 is 0 Å². The molecule has 0 atom stereocenters. The molecule has 0 fully saturated rings. The van der Waals surface area contributed by atoms with Crippen molar-refractivity contribution in [2.24, 2.45) is 10.2 Å². The Balaban J connectivity index is 1.83. The van der Waals surface area contributed by atoms with Crippen molar-refractivity contribution in [2.45, 2.75) is 38.5 Å². The zero-order valence-corrected chi connectivity index (χ0v) is 15.9. The molecule has 0 saturated carbocycles. The molecule has 3 aromatic carbocycles. The summed E-state index contributed by atoms with van der Waals surface area (Å²) in [6, 6.07) is 11.7. The molecule has 1 heterocycles. The molecule has 0 bridgehead atoms. The van der Waals surface area contributed by atoms with E-state index in [0.29, 0.717) is 39.9 Å². The molecular weight excluding hydrogens is 381 g/mol. The second kappa shape index (κ2) is 6.76. The van der Waals surface area contributed by atoms with Gasteiger partial charge in [-0.3, -0.25) is 0 Å². The number of rotatable bonds is 2. The molecule has 0 aromatic heterocycles. The van der Waals surface area contributed by atoms with Crippen molar-refractivity contribution in [3.8, 4) is 11.5 Å². The highest BCUT2D eigenvalue weighted by Crippen LogP contribution is 2.50. The number of ether oxygens (including phenoxy) is 1. The first-order valence-electron chi connectivity index (χ1n) is 9.20. The molecule has 0 saturated heterocycles. The van der Waals surface area contributed by atoms with Crippen LogP contribution in [-0.4, -0.2) is 10.7 Å². The van der Waals surface area contributed by atoms with Crippen molar-refractivity contribution in [1.29, 1.82) is 0 Å². The standard InChI is InChI=1S/C22H19F3N2O2/c1-21(2)12-11-17-19(28)16-6-4-3-5-15(16)18(20(17)29-21)27-26-14-9-7-13(8-10-14)22(23,24)25/h3-10,28H,11-12H2,1-2H3. The Hall–Kier alpha value is -3.09. The van der Waals surface area contributed by atoms with Crippen LogP contribution < -0.4 is 4.74 Å². The lowest BCUT2D eigenvalue weighted by Gasteiger charge is -2.34. The van der Waals surface area contributed by atoms with Gasteiger partial charge in [-0.25, -0.2) is 0 Å². The van der Waals surface area contributed by atoms with Gasteiger partial charge in [0.15, 0.2) is 5.75 Å². The third kappa shape index (κ3) is 3.64. The maximum absolute atomic E-state index is 12.7. The molecule has 0 spiro atoms. The summed E-state index contributed by atoms with van der Waals surface area (Å²) in [7, 11) is 0. The Kier molecular flexibility index (Phi) is 4.48. The summed E-state index contributed by atoms with van der Waals surface area (Å²) < 4.78 is 44.4. The minimum absolute atomic E-state index is 0.166. The van der Waals surface area contributed by atoms with Crippen molar-refractivity contribution in [3.63, 3.8) is 0 Å². The fourth-order valence-electron chi connectivity index (χ4n) is 3.45. The van der Waals surface area contributed by atoms with Gasteiger partial charge in [0.2, 0.25) is 0 Å². The van der Waals surface area contributed by atoms with Crippen LogP contribution in [0.1, 0.15) is 31.4 Å². The average Bonchev–Trinajstić information content (AvgIpc) is 2.67. The van der Waals surface area contributed by atoms with E-state index >= 15 is 0 Å². The van der Waals surface area contributed by atoms with Crippen LogP contribution in [-0.2, 0) is 12.6 Å². The number of alkyl halides is 3. The lowest BCUT2D eigenvalue weighted by molar-refractivity contribution is -0.137. The number of halogens is 3. The molecule has 150 valence electrons. The SMILES string of the molecule is CC1(C)CCc2c(c(N=Nc3ccc(C(F)(F)F)cc3)c3ccccc3c2O)O1. The normalized spacial score (nSPS) is 16.0. The largest absolute Gasteiger partial charge is 0.507 e. The topological polar surface area (TPSA) is 54.2 Å². The summed E-state index contributed by atoms with van der Waals surface area (Å²) in [5.74, 6) is 0.632. The second-order valence-corrected chi connectivity index (χ2v) is 7.66. The van der Waals surface area contributed by atoms with Crippen LogP contribution in [0.5, 0.6) is 11.5 Å². The molecular formula is C22H19F3N2O2. The number of nitrogens with zero attached hydrogens (tertiary/aromatic N) is 2. The van der Waals surface area contributed by atoms with Crippen LogP contribution in [0.3, 0.4) is 0 Å². The third-order valence-electron chi connectivity index (χ3n) is 5.03. The Morgan fingerprint density at radius 2 is 1.62 bits per heavy atom. The van der Waals surface area contributed by atoms with Crippen molar-refractivity contribution < 1.29 is 23.0 Å². The smallest absolute Gasteiger partial charge is 0.416 e. The zero-order chi connectivity index (χ0) is 20.8. The van der Waals surface area contributed by atoms with Gasteiger partial charge >= 0.3 is 6.18 Å². The number of phenolic OH excluding ortho intramolecular Hbond substituents is 1. The van der Waals surface area contributed by atoms with Crippen LogP contribution in [0.2, 0.25) is 0 Å². The lowest BCUT2D eigenvalue weighted by Crippen LogP contribution is -2.32. The Labute approximate surface area is 165 Å². The quantitative estimate of drug-likeness (QED) is 0.467. The summed E-state index contributed by atoms with van der Waals surface area (Å²) in [5.41, 5.74) is 0.249. The molecule has 4 rings (SSSR count). The van der Waals surface area contributed by atoms with Gasteiger partial charge in [0.1, 0.15) is 17.0 Å². The van der Waals surface area contributed by atoms with E-state index in [9.17, 15) is 18.3 Å². The minimum atomic E-state index is -4.40. The van der Waals surface area contributed by atoms with Gasteiger partial charge in [0.25, 0.3) is 0 Å². The number of aromatic hydroxyl groups is 1. The van der Waals surface area contributed by atoms with Gasteiger partial charge < -0.3 is 9.84 Å². The van der Waals surface area contributed by atoms with E-state index in [1.54, 1.807) is 12.1 Å². The molecule has 0 aliphatic carbocycles. The van der Waals surface area contributed by atoms with Crippen molar-refractivity contribution in [1.82, 2.24) is 0 Å². The van der Waals surface area contributed by atoms with Crippen molar-refractivity contribution >= 4 is 22.1 Å². The fraction of sp³-hybridized carbons (Fsp3) is 0.273. The van der Waals surface area contributed by atoms with Gasteiger partial charge in [-0.2, -0.15) is 18.3 Å². The van der Waals surface area contributed by atoms with Crippen LogP contribution in [0, 0.1) is 0 Å². The molecule has 29 heavy (non-hydrogen) atoms. The summed E-state index contributed by atoms with van der Waals surface area (Å²) in [5, 5.41) is 20.5.